The number of hydrogen-bond acceptors (Lipinski definition) is 10. The van der Waals surface area contributed by atoms with E-state index in [1.165, 1.54) is 17.2 Å². The van der Waals surface area contributed by atoms with E-state index >= 15 is 0 Å². The molecule has 0 saturated carbocycles. The lowest BCUT2D eigenvalue weighted by molar-refractivity contribution is -0.157. The Kier molecular flexibility index (Phi) is 14.1. The molecule has 11 nitrogen and oxygen atoms in total. The zero-order valence-corrected chi connectivity index (χ0v) is 28.0. The van der Waals surface area contributed by atoms with Gasteiger partial charge in [0.2, 0.25) is 11.8 Å². The number of carbonyl (C=O) groups is 4. The molecule has 0 aliphatic carbocycles. The summed E-state index contributed by atoms with van der Waals surface area (Å²) in [4.78, 5) is 60.6. The molecule has 1 fully saturated rings. The summed E-state index contributed by atoms with van der Waals surface area (Å²) in [6.07, 6.45) is 9.10. The van der Waals surface area contributed by atoms with Gasteiger partial charge in [-0.25, -0.2) is 9.78 Å². The van der Waals surface area contributed by atoms with E-state index in [0.29, 0.717) is 13.0 Å². The van der Waals surface area contributed by atoms with Crippen molar-refractivity contribution >= 4 is 35.3 Å². The lowest BCUT2D eigenvalue weighted by atomic mass is 9.94. The molecule has 2 aliphatic heterocycles. The summed E-state index contributed by atoms with van der Waals surface area (Å²) >= 11 is 1.66. The second-order valence-corrected chi connectivity index (χ2v) is 13.7. The standard InChI is InChI=1S/C33H48N4O7S/c1-21(2)31-23(4)10-11-28(40)34-13-7-9-22(3)17-24(38)18-25(39)19-29-35-26(20-43-29)32(41)37-15-12-27(30(37)33(42)44-31)45-16-8-14-36(5)6/h7,9-11,17,20-21,23-24,27,30-31,38H,8,12-16,18-19H2,1-6H3,(H,34,40)/b9-7+,11-10+,22-17+/t23-,24-,27?,30-,31?/m1/s1. The van der Waals surface area contributed by atoms with Crippen LogP contribution in [0.1, 0.15) is 63.3 Å². The lowest BCUT2D eigenvalue weighted by Gasteiger charge is -2.31. The molecular formula is C33H48N4O7S. The summed E-state index contributed by atoms with van der Waals surface area (Å²) in [5, 5.41) is 13.0. The van der Waals surface area contributed by atoms with Crippen LogP contribution < -0.4 is 5.32 Å². The average molecular weight is 645 g/mol. The zero-order valence-electron chi connectivity index (χ0n) is 27.2. The maximum Gasteiger partial charge on any atom is 0.330 e. The van der Waals surface area contributed by atoms with E-state index < -0.39 is 30.1 Å². The van der Waals surface area contributed by atoms with Gasteiger partial charge in [0.1, 0.15) is 24.2 Å². The number of aromatic nitrogens is 1. The van der Waals surface area contributed by atoms with Crippen molar-refractivity contribution in [2.45, 2.75) is 76.9 Å². The Morgan fingerprint density at radius 3 is 2.67 bits per heavy atom. The molecule has 12 heteroatoms. The van der Waals surface area contributed by atoms with Crippen molar-refractivity contribution in [2.75, 3.05) is 39.5 Å². The second kappa shape index (κ2) is 17.5. The van der Waals surface area contributed by atoms with Gasteiger partial charge in [0.05, 0.1) is 12.5 Å². The van der Waals surface area contributed by atoms with Gasteiger partial charge in [-0.1, -0.05) is 50.6 Å². The number of esters is 1. The summed E-state index contributed by atoms with van der Waals surface area (Å²) in [5.41, 5.74) is 0.739. The Labute approximate surface area is 270 Å². The quantitative estimate of drug-likeness (QED) is 0.350. The van der Waals surface area contributed by atoms with Crippen molar-refractivity contribution in [3.8, 4) is 0 Å². The lowest BCUT2D eigenvalue weighted by Crippen LogP contribution is -2.47. The van der Waals surface area contributed by atoms with Crippen LogP contribution in [0.25, 0.3) is 0 Å². The smallest absolute Gasteiger partial charge is 0.330 e. The van der Waals surface area contributed by atoms with Gasteiger partial charge in [0.25, 0.3) is 5.91 Å². The number of Topliss-reactive ketones (excluding diaryl/α,β-unsaturated/α-hetero) is 1. The van der Waals surface area contributed by atoms with Crippen molar-refractivity contribution < 1.29 is 33.4 Å². The summed E-state index contributed by atoms with van der Waals surface area (Å²) in [5.74, 6) is -0.984. The number of aliphatic hydroxyl groups is 1. The van der Waals surface area contributed by atoms with Crippen LogP contribution in [0.4, 0.5) is 0 Å². The first kappa shape index (κ1) is 36.3. The predicted molar refractivity (Wildman–Crippen MR) is 174 cm³/mol. The maximum absolute atomic E-state index is 13.9. The third-order valence-electron chi connectivity index (χ3n) is 7.69. The van der Waals surface area contributed by atoms with Gasteiger partial charge >= 0.3 is 5.97 Å². The van der Waals surface area contributed by atoms with Gasteiger partial charge in [-0.05, 0) is 58.2 Å². The highest BCUT2D eigenvalue weighted by Gasteiger charge is 2.45. The minimum absolute atomic E-state index is 0.0106. The number of nitrogens with one attached hydrogen (secondary N) is 1. The average Bonchev–Trinajstić information content (AvgIpc) is 3.61. The van der Waals surface area contributed by atoms with Crippen molar-refractivity contribution in [3.63, 3.8) is 0 Å². The Hall–Kier alpha value is -3.22. The highest BCUT2D eigenvalue weighted by Crippen LogP contribution is 2.33. The number of amides is 2. The van der Waals surface area contributed by atoms with Crippen LogP contribution in [0, 0.1) is 11.8 Å². The van der Waals surface area contributed by atoms with Gasteiger partial charge in [0.15, 0.2) is 5.69 Å². The van der Waals surface area contributed by atoms with Gasteiger partial charge in [0, 0.05) is 30.7 Å². The minimum atomic E-state index is -1.02. The zero-order chi connectivity index (χ0) is 33.1. The molecular weight excluding hydrogens is 596 g/mol. The number of cyclic esters (lactones) is 1. The van der Waals surface area contributed by atoms with E-state index in [1.54, 1.807) is 43.0 Å². The second-order valence-electron chi connectivity index (χ2n) is 12.3. The molecule has 2 N–H and O–H groups in total. The van der Waals surface area contributed by atoms with E-state index in [9.17, 15) is 24.3 Å². The molecule has 1 aromatic heterocycles. The molecule has 248 valence electrons. The fraction of sp³-hybridized carbons (Fsp3) is 0.606. The van der Waals surface area contributed by atoms with Crippen LogP contribution in [0.15, 0.2) is 46.6 Å². The molecule has 2 aliphatic rings. The highest BCUT2D eigenvalue weighted by atomic mass is 32.2. The number of hydrogen-bond donors (Lipinski definition) is 2. The molecule has 0 radical (unpaired) electrons. The van der Waals surface area contributed by atoms with Gasteiger partial charge < -0.3 is 29.4 Å². The van der Waals surface area contributed by atoms with E-state index in [1.807, 2.05) is 34.9 Å². The molecule has 3 heterocycles. The number of thioether (sulfide) groups is 1. The first-order chi connectivity index (χ1) is 21.3. The summed E-state index contributed by atoms with van der Waals surface area (Å²) in [7, 11) is 4.03. The van der Waals surface area contributed by atoms with E-state index in [-0.39, 0.29) is 59.7 Å². The molecule has 0 aromatic carbocycles. The van der Waals surface area contributed by atoms with Gasteiger partial charge in [-0.2, -0.15) is 11.8 Å². The van der Waals surface area contributed by atoms with Gasteiger partial charge in [-0.3, -0.25) is 14.4 Å². The normalized spacial score (nSPS) is 28.8. The third-order valence-corrected chi connectivity index (χ3v) is 9.14. The number of oxazole rings is 1. The van der Waals surface area contributed by atoms with Crippen LogP contribution in [0.3, 0.4) is 0 Å². The number of rotatable bonds is 6. The van der Waals surface area contributed by atoms with Crippen molar-refractivity contribution in [1.29, 1.82) is 0 Å². The fourth-order valence-corrected chi connectivity index (χ4v) is 6.77. The fourth-order valence-electron chi connectivity index (χ4n) is 5.46. The number of aliphatic hydroxyl groups excluding tert-OH is 1. The molecule has 2 bridgehead atoms. The Balaban J connectivity index is 1.91. The number of ether oxygens (including phenoxy) is 1. The number of carbonyl (C=O) groups excluding carboxylic acids is 4. The van der Waals surface area contributed by atoms with Gasteiger partial charge in [-0.15, -0.1) is 0 Å². The Bertz CT molecular complexity index is 1270. The molecule has 0 spiro atoms. The number of nitrogens with zero attached hydrogens (tertiary/aromatic N) is 3. The Morgan fingerprint density at radius 1 is 1.20 bits per heavy atom. The summed E-state index contributed by atoms with van der Waals surface area (Å²) < 4.78 is 11.6. The molecule has 5 atom stereocenters. The molecule has 1 aromatic rings. The Morgan fingerprint density at radius 2 is 1.96 bits per heavy atom. The maximum atomic E-state index is 13.9. The number of fused-ring (bicyclic) bond motifs is 3. The minimum Gasteiger partial charge on any atom is -0.460 e. The summed E-state index contributed by atoms with van der Waals surface area (Å²) in [6, 6.07) is -0.831. The predicted octanol–water partition coefficient (Wildman–Crippen LogP) is 3.20. The topological polar surface area (TPSA) is 142 Å². The van der Waals surface area contributed by atoms with Crippen molar-refractivity contribution in [3.05, 3.63) is 53.8 Å². The van der Waals surface area contributed by atoms with E-state index in [0.717, 1.165) is 24.3 Å². The van der Waals surface area contributed by atoms with Crippen molar-refractivity contribution in [1.82, 2.24) is 20.1 Å². The van der Waals surface area contributed by atoms with Crippen LogP contribution in [-0.4, -0.2) is 106 Å². The first-order valence-corrected chi connectivity index (χ1v) is 16.6. The van der Waals surface area contributed by atoms with E-state index in [4.69, 9.17) is 9.15 Å². The van der Waals surface area contributed by atoms with Crippen LogP contribution in [-0.2, 0) is 25.5 Å². The largest absolute Gasteiger partial charge is 0.460 e. The molecule has 2 unspecified atom stereocenters. The monoisotopic (exact) mass is 644 g/mol. The molecule has 1 saturated heterocycles. The molecule has 3 rings (SSSR count). The van der Waals surface area contributed by atoms with Crippen LogP contribution in [0.2, 0.25) is 0 Å². The van der Waals surface area contributed by atoms with Crippen LogP contribution in [0.5, 0.6) is 0 Å². The first-order valence-electron chi connectivity index (χ1n) is 15.6. The molecule has 2 amide bonds. The van der Waals surface area contributed by atoms with Crippen molar-refractivity contribution in [2.24, 2.45) is 11.8 Å². The number of allylic oxidation sites excluding steroid dienone is 2. The number of ketones is 1. The molecule has 45 heavy (non-hydrogen) atoms. The highest BCUT2D eigenvalue weighted by molar-refractivity contribution is 8.00. The van der Waals surface area contributed by atoms with Crippen LogP contribution >= 0.6 is 11.8 Å². The van der Waals surface area contributed by atoms with E-state index in [2.05, 4.69) is 15.2 Å². The SMILES string of the molecule is CC1=C\[C@@H](O)CC(=O)Cc2nc(co2)C(=O)N2CCC(SCCCN(C)C)[C@@H]2C(=O)OC(C(C)C)[C@H](C)/C=C/C(=O)NC\C=C\1. The third kappa shape index (κ3) is 11.3. The summed E-state index contributed by atoms with van der Waals surface area (Å²) in [6.45, 7) is 9.11.